The molecule has 200 valence electrons. The quantitative estimate of drug-likeness (QED) is 0.202. The van der Waals surface area contributed by atoms with Crippen molar-refractivity contribution < 1.29 is 9.53 Å². The molecule has 3 aromatic heterocycles. The van der Waals surface area contributed by atoms with E-state index in [2.05, 4.69) is 35.9 Å². The zero-order chi connectivity index (χ0) is 27.4. The van der Waals surface area contributed by atoms with E-state index >= 15 is 0 Å². The van der Waals surface area contributed by atoms with Gasteiger partial charge in [0.1, 0.15) is 17.7 Å². The van der Waals surface area contributed by atoms with Crippen LogP contribution in [0, 0.1) is 0 Å². The van der Waals surface area contributed by atoms with Crippen molar-refractivity contribution in [2.24, 2.45) is 0 Å². The summed E-state index contributed by atoms with van der Waals surface area (Å²) in [5, 5.41) is 9.49. The van der Waals surface area contributed by atoms with Gasteiger partial charge < -0.3 is 25.7 Å². The van der Waals surface area contributed by atoms with Crippen molar-refractivity contribution in [3.8, 4) is 5.69 Å². The molecular formula is C26H26ClN9O3. The molecule has 0 saturated heterocycles. The lowest BCUT2D eigenvalue weighted by atomic mass is 10.2. The van der Waals surface area contributed by atoms with Gasteiger partial charge in [0, 0.05) is 25.9 Å². The highest BCUT2D eigenvalue weighted by Gasteiger charge is 2.21. The molecule has 0 aliphatic heterocycles. The number of methoxy groups -OCH3 is 1. The Hall–Kier alpha value is -4.55. The highest BCUT2D eigenvalue weighted by atomic mass is 35.5. The molecule has 4 N–H and O–H groups in total. The van der Waals surface area contributed by atoms with Gasteiger partial charge in [0.15, 0.2) is 11.5 Å². The molecule has 13 heteroatoms. The zero-order valence-corrected chi connectivity index (χ0v) is 22.0. The Kier molecular flexibility index (Phi) is 7.66. The normalized spacial score (nSPS) is 12.0. The van der Waals surface area contributed by atoms with Gasteiger partial charge in [-0.1, -0.05) is 23.7 Å². The number of hydrogen-bond donors (Lipinski definition) is 4. The molecule has 0 bridgehead atoms. The molecule has 2 amide bonds. The number of aromatic nitrogens is 6. The first-order valence-electron chi connectivity index (χ1n) is 12.2. The average Bonchev–Trinajstić information content (AvgIpc) is 3.41. The maximum absolute atomic E-state index is 13.9. The van der Waals surface area contributed by atoms with Crippen LogP contribution in [-0.2, 0) is 4.74 Å². The highest BCUT2D eigenvalue weighted by Crippen LogP contribution is 2.26. The van der Waals surface area contributed by atoms with Crippen molar-refractivity contribution in [2.45, 2.75) is 19.4 Å². The molecule has 0 saturated carbocycles. The van der Waals surface area contributed by atoms with Crippen LogP contribution in [0.1, 0.15) is 25.2 Å². The standard InChI is InChI=1S/C26H26ClN9O3/c1-15(33-23-21-22(30-13-29-21)31-14-32-23)24-35-19-9-4-8-18(27)20(19)25(37)36(24)17-7-3-6-16(12-17)34-26(38)28-10-5-11-39-2/h3-4,6-9,12-15H,5,10-11H2,1-2H3,(H2,28,34,38)(H2,29,30,31,32,33)/t15-/m0/s1. The van der Waals surface area contributed by atoms with E-state index in [4.69, 9.17) is 21.3 Å². The van der Waals surface area contributed by atoms with Crippen molar-refractivity contribution in [1.82, 2.24) is 34.8 Å². The summed E-state index contributed by atoms with van der Waals surface area (Å²) in [6, 6.07) is 11.3. The number of imidazole rings is 1. The molecule has 3 heterocycles. The van der Waals surface area contributed by atoms with Gasteiger partial charge in [-0.25, -0.2) is 24.7 Å². The largest absolute Gasteiger partial charge is 0.385 e. The van der Waals surface area contributed by atoms with Gasteiger partial charge >= 0.3 is 6.03 Å². The number of carbonyl (C=O) groups is 1. The molecule has 39 heavy (non-hydrogen) atoms. The fourth-order valence-electron chi connectivity index (χ4n) is 4.21. The van der Waals surface area contributed by atoms with Crippen LogP contribution in [-0.4, -0.2) is 55.8 Å². The van der Waals surface area contributed by atoms with Crippen molar-refractivity contribution in [1.29, 1.82) is 0 Å². The van der Waals surface area contributed by atoms with Gasteiger partial charge in [0.2, 0.25) is 0 Å². The molecule has 0 aliphatic rings. The SMILES string of the molecule is COCCCNC(=O)Nc1cccc(-n2c([C@H](C)Nc3ncnc4nc[nH]c34)nc3cccc(Cl)c3c2=O)c1. The fraction of sp³-hybridized carbons (Fsp3) is 0.231. The number of nitrogens with zero attached hydrogens (tertiary/aromatic N) is 5. The van der Waals surface area contributed by atoms with Crippen LogP contribution >= 0.6 is 11.6 Å². The Morgan fingerprint density at radius 2 is 2.03 bits per heavy atom. The summed E-state index contributed by atoms with van der Waals surface area (Å²) in [7, 11) is 1.61. The first-order chi connectivity index (χ1) is 19.0. The molecule has 0 radical (unpaired) electrons. The molecular weight excluding hydrogens is 522 g/mol. The molecule has 0 fully saturated rings. The number of fused-ring (bicyclic) bond motifs is 2. The van der Waals surface area contributed by atoms with Crippen molar-refractivity contribution in [3.63, 3.8) is 0 Å². The van der Waals surface area contributed by atoms with Crippen LogP contribution in [0.2, 0.25) is 5.02 Å². The number of amides is 2. The predicted octanol–water partition coefficient (Wildman–Crippen LogP) is 4.04. The third kappa shape index (κ3) is 5.52. The third-order valence-corrected chi connectivity index (χ3v) is 6.32. The van der Waals surface area contributed by atoms with E-state index in [0.717, 1.165) is 0 Å². The fourth-order valence-corrected chi connectivity index (χ4v) is 4.46. The average molecular weight is 548 g/mol. The lowest BCUT2D eigenvalue weighted by molar-refractivity contribution is 0.194. The Morgan fingerprint density at radius 1 is 1.18 bits per heavy atom. The number of urea groups is 1. The highest BCUT2D eigenvalue weighted by molar-refractivity contribution is 6.35. The first-order valence-corrected chi connectivity index (χ1v) is 12.6. The summed E-state index contributed by atoms with van der Waals surface area (Å²) >= 11 is 6.44. The minimum absolute atomic E-state index is 0.294. The van der Waals surface area contributed by atoms with Crippen LogP contribution in [0.4, 0.5) is 16.3 Å². The minimum atomic E-state index is -0.483. The number of carbonyl (C=O) groups excluding carboxylic acids is 1. The zero-order valence-electron chi connectivity index (χ0n) is 21.2. The van der Waals surface area contributed by atoms with E-state index in [1.165, 1.54) is 17.2 Å². The summed E-state index contributed by atoms with van der Waals surface area (Å²) in [5.41, 5.74) is 2.27. The number of benzene rings is 2. The second kappa shape index (κ2) is 11.5. The number of anilines is 2. The molecule has 1 atom stereocenters. The maximum Gasteiger partial charge on any atom is 0.319 e. The molecule has 12 nitrogen and oxygen atoms in total. The van der Waals surface area contributed by atoms with Gasteiger partial charge in [-0.2, -0.15) is 0 Å². The minimum Gasteiger partial charge on any atom is -0.385 e. The van der Waals surface area contributed by atoms with Gasteiger partial charge in [-0.05, 0) is 43.7 Å². The van der Waals surface area contributed by atoms with E-state index in [1.807, 2.05) is 6.92 Å². The third-order valence-electron chi connectivity index (χ3n) is 6.01. The predicted molar refractivity (Wildman–Crippen MR) is 150 cm³/mol. The van der Waals surface area contributed by atoms with E-state index in [-0.39, 0.29) is 11.6 Å². The van der Waals surface area contributed by atoms with E-state index in [9.17, 15) is 9.59 Å². The molecule has 5 rings (SSSR count). The molecule has 0 unspecified atom stereocenters. The summed E-state index contributed by atoms with van der Waals surface area (Å²) in [6.45, 7) is 2.88. The van der Waals surface area contributed by atoms with Gasteiger partial charge in [0.05, 0.1) is 34.0 Å². The summed E-state index contributed by atoms with van der Waals surface area (Å²) in [6.07, 6.45) is 3.64. The van der Waals surface area contributed by atoms with Crippen LogP contribution < -0.4 is 21.5 Å². The number of H-pyrrole nitrogens is 1. The van der Waals surface area contributed by atoms with Crippen LogP contribution in [0.3, 0.4) is 0 Å². The maximum atomic E-state index is 13.9. The van der Waals surface area contributed by atoms with Gasteiger partial charge in [0.25, 0.3) is 5.56 Å². The Balaban J connectivity index is 1.54. The number of aromatic amines is 1. The number of rotatable bonds is 9. The topological polar surface area (TPSA) is 152 Å². The number of ether oxygens (including phenoxy) is 1. The number of halogens is 1. The Labute approximate surface area is 227 Å². The Morgan fingerprint density at radius 3 is 2.87 bits per heavy atom. The smallest absolute Gasteiger partial charge is 0.319 e. The van der Waals surface area contributed by atoms with Crippen LogP contribution in [0.25, 0.3) is 27.8 Å². The van der Waals surface area contributed by atoms with Gasteiger partial charge in [-0.3, -0.25) is 9.36 Å². The van der Waals surface area contributed by atoms with Crippen LogP contribution in [0.5, 0.6) is 0 Å². The summed E-state index contributed by atoms with van der Waals surface area (Å²) in [5.74, 6) is 0.930. The van der Waals surface area contributed by atoms with Gasteiger partial charge in [-0.15, -0.1) is 0 Å². The second-order valence-corrected chi connectivity index (χ2v) is 9.12. The van der Waals surface area contributed by atoms with Crippen molar-refractivity contribution in [3.05, 3.63) is 76.3 Å². The summed E-state index contributed by atoms with van der Waals surface area (Å²) in [4.78, 5) is 46.8. The van der Waals surface area contributed by atoms with E-state index in [1.54, 1.807) is 49.6 Å². The summed E-state index contributed by atoms with van der Waals surface area (Å²) < 4.78 is 6.49. The van der Waals surface area contributed by atoms with Crippen LogP contribution in [0.15, 0.2) is 59.9 Å². The molecule has 2 aromatic carbocycles. The van der Waals surface area contributed by atoms with E-state index < -0.39 is 6.04 Å². The number of nitrogens with one attached hydrogen (secondary N) is 4. The lowest BCUT2D eigenvalue weighted by Gasteiger charge is -2.21. The molecule has 0 spiro atoms. The second-order valence-electron chi connectivity index (χ2n) is 8.71. The number of hydrogen-bond acceptors (Lipinski definition) is 8. The Bertz CT molecular complexity index is 1700. The van der Waals surface area contributed by atoms with Crippen molar-refractivity contribution >= 4 is 51.2 Å². The molecule has 5 aromatic rings. The van der Waals surface area contributed by atoms with E-state index in [0.29, 0.717) is 69.7 Å². The van der Waals surface area contributed by atoms with Crippen molar-refractivity contribution in [2.75, 3.05) is 30.9 Å². The monoisotopic (exact) mass is 547 g/mol. The lowest BCUT2D eigenvalue weighted by Crippen LogP contribution is -2.30. The first kappa shape index (κ1) is 26.1. The molecule has 0 aliphatic carbocycles.